The lowest BCUT2D eigenvalue weighted by atomic mass is 9.85. The number of β-amino-alcohol motifs (C(OH)–C–C–N with tert-alkyl or cyclic N) is 1. The molecule has 19 heteroatoms. The molecule has 3 N–H and O–H groups in total. The zero-order chi connectivity index (χ0) is 32.1. The summed E-state index contributed by atoms with van der Waals surface area (Å²) in [4.78, 5) is 29.6. The zero-order valence-corrected chi connectivity index (χ0v) is 25.1. The van der Waals surface area contributed by atoms with Gasteiger partial charge in [0.1, 0.15) is 41.4 Å². The molecular weight excluding hydrogens is 636 g/mol. The molecule has 3 atom stereocenters. The maximum absolute atomic E-state index is 15.2. The van der Waals surface area contributed by atoms with Gasteiger partial charge in [-0.2, -0.15) is 0 Å². The third-order valence-electron chi connectivity index (χ3n) is 7.40. The van der Waals surface area contributed by atoms with Gasteiger partial charge in [0.05, 0.1) is 24.9 Å². The Balaban J connectivity index is 0.00000480. The Labute approximate surface area is 267 Å². The highest BCUT2D eigenvalue weighted by molar-refractivity contribution is 5.94. The van der Waals surface area contributed by atoms with E-state index in [9.17, 15) is 24.2 Å². The lowest BCUT2D eigenvalue weighted by Crippen LogP contribution is -3.00. The van der Waals surface area contributed by atoms with E-state index in [4.69, 9.17) is 9.84 Å². The maximum Gasteiger partial charge on any atom is 0.547 e. The molecule has 1 fully saturated rings. The summed E-state index contributed by atoms with van der Waals surface area (Å²) in [5.74, 6) is -1.85. The lowest BCUT2D eigenvalue weighted by Gasteiger charge is -2.40. The minimum Gasteiger partial charge on any atom is -1.00 e. The topological polar surface area (TPSA) is 182 Å². The number of aliphatic hydroxyl groups is 3. The number of aliphatic hydroxyl groups excluding tert-OH is 2. The molecule has 0 aliphatic carbocycles. The van der Waals surface area contributed by atoms with E-state index in [1.807, 2.05) is 0 Å². The number of nitrogens with zero attached hydrogens (tertiary/aromatic N) is 9. The number of hydrogen-bond acceptors (Lipinski definition) is 13. The summed E-state index contributed by atoms with van der Waals surface area (Å²) in [5, 5.41) is 46.6. The number of amides is 2. The highest BCUT2D eigenvalue weighted by Gasteiger charge is 2.48. The normalized spacial score (nSPS) is 17.0. The molecule has 246 valence electrons. The van der Waals surface area contributed by atoms with Crippen molar-refractivity contribution in [3.63, 3.8) is 0 Å². The average Bonchev–Trinajstić information content (AvgIpc) is 3.80. The van der Waals surface area contributed by atoms with Crippen molar-refractivity contribution in [2.45, 2.75) is 24.7 Å². The Hall–Kier alpha value is -4.74. The second kappa shape index (κ2) is 14.6. The number of halogens is 3. The quantitative estimate of drug-likeness (QED) is 0.135. The Morgan fingerprint density at radius 1 is 1.13 bits per heavy atom. The van der Waals surface area contributed by atoms with Crippen molar-refractivity contribution >= 4 is 24.2 Å². The third-order valence-corrected chi connectivity index (χ3v) is 7.40. The third kappa shape index (κ3) is 7.38. The van der Waals surface area contributed by atoms with Gasteiger partial charge < -0.3 is 42.1 Å². The van der Waals surface area contributed by atoms with Crippen LogP contribution in [0.5, 0.6) is 0 Å². The summed E-state index contributed by atoms with van der Waals surface area (Å²) in [6.45, 7) is 0.207. The second-order valence-electron chi connectivity index (χ2n) is 10.3. The average molecular weight is 666 g/mol. The number of rotatable bonds is 12. The molecule has 16 nitrogen and oxygen atoms in total. The van der Waals surface area contributed by atoms with E-state index >= 15 is 4.39 Å². The van der Waals surface area contributed by atoms with Gasteiger partial charge in [0.2, 0.25) is 6.73 Å². The van der Waals surface area contributed by atoms with Crippen LogP contribution in [0, 0.1) is 11.6 Å². The van der Waals surface area contributed by atoms with Gasteiger partial charge in [0.25, 0.3) is 0 Å². The molecule has 3 heterocycles. The minimum absolute atomic E-state index is 0. The first-order chi connectivity index (χ1) is 21.6. The first kappa shape index (κ1) is 34.1. The number of ether oxygens (including phenoxy) is 2. The van der Waals surface area contributed by atoms with Crippen LogP contribution in [0.3, 0.4) is 0 Å². The molecule has 2 amide bonds. The van der Waals surface area contributed by atoms with Crippen LogP contribution in [0.25, 0.3) is 5.69 Å². The second-order valence-corrected chi connectivity index (χ2v) is 10.3. The van der Waals surface area contributed by atoms with E-state index < -0.39 is 54.8 Å². The fourth-order valence-electron chi connectivity index (χ4n) is 4.97. The molecule has 1 aromatic heterocycles. The summed E-state index contributed by atoms with van der Waals surface area (Å²) >= 11 is 0. The van der Waals surface area contributed by atoms with Crippen molar-refractivity contribution in [1.29, 1.82) is 0 Å². The number of urea groups is 1. The monoisotopic (exact) mass is 665 g/mol. The van der Waals surface area contributed by atoms with E-state index in [0.717, 1.165) is 12.1 Å². The smallest absolute Gasteiger partial charge is 0.547 e. The molecule has 0 radical (unpaired) electrons. The predicted octanol–water partition coefficient (Wildman–Crippen LogP) is -2.68. The molecule has 0 unspecified atom stereocenters. The van der Waals surface area contributed by atoms with Crippen molar-refractivity contribution in [1.82, 2.24) is 35.0 Å². The van der Waals surface area contributed by atoms with Gasteiger partial charge in [0.15, 0.2) is 6.67 Å². The maximum atomic E-state index is 15.2. The van der Waals surface area contributed by atoms with E-state index in [1.54, 1.807) is 31.2 Å². The SMILES string of the molecule is C[C@@H](N1CCN(c2ccc(-n3cnnn3)cc2)C1=O)[C@@](O)(CN1CN(COC(=O)OC[C@H](O)CO)[C+]=N1)c1ccc(F)cc1F.[Cl-]. The number of anilines is 1. The Bertz CT molecular complexity index is 1520. The van der Waals surface area contributed by atoms with Gasteiger partial charge in [-0.1, -0.05) is 11.0 Å². The number of carbonyl (C=O) groups is 2. The van der Waals surface area contributed by atoms with Gasteiger partial charge in [0, 0.05) is 30.4 Å². The summed E-state index contributed by atoms with van der Waals surface area (Å²) in [7, 11) is 0. The number of benzene rings is 2. The molecule has 1 saturated heterocycles. The Kier molecular flexibility index (Phi) is 10.8. The summed E-state index contributed by atoms with van der Waals surface area (Å²) < 4.78 is 40.1. The molecule has 0 spiro atoms. The van der Waals surface area contributed by atoms with Crippen LogP contribution in [-0.4, -0.2) is 127 Å². The first-order valence-electron chi connectivity index (χ1n) is 13.7. The van der Waals surface area contributed by atoms with Gasteiger partial charge in [-0.3, -0.25) is 4.90 Å². The fraction of sp³-hybridized carbons (Fsp3) is 0.407. The van der Waals surface area contributed by atoms with Crippen LogP contribution in [0.4, 0.5) is 24.1 Å². The Morgan fingerprint density at radius 2 is 1.87 bits per heavy atom. The molecular formula is C27H30ClF2N9O7. The van der Waals surface area contributed by atoms with Crippen LogP contribution >= 0.6 is 0 Å². The molecule has 0 bridgehead atoms. The number of hydrazone groups is 1. The summed E-state index contributed by atoms with van der Waals surface area (Å²) in [6, 6.07) is 8.26. The minimum atomic E-state index is -2.09. The number of hydrogen-bond donors (Lipinski definition) is 3. The predicted molar refractivity (Wildman–Crippen MR) is 150 cm³/mol. The molecule has 46 heavy (non-hydrogen) atoms. The molecule has 5 rings (SSSR count). The molecule has 2 aromatic carbocycles. The standard InChI is InChI=1S/C27H30F2N9O7.ClH/c1-18(36-8-9-37(25(36)41)20-3-5-21(6-4-20)38-14-30-32-33-38)27(43,23-7-2-19(28)10-24(23)29)13-35-16-34(15-31-35)17-45-26(42)44-12-22(40)11-39;/h2-7,10,14,18,22,39-40,43H,8-9,11-13,16-17H2,1H3;1H/q+1;/p-1/t18-,22-,27+;/m1./s1. The summed E-state index contributed by atoms with van der Waals surface area (Å²) in [5.41, 5.74) is -1.07. The van der Waals surface area contributed by atoms with Crippen molar-refractivity contribution in [3.8, 4) is 5.69 Å². The van der Waals surface area contributed by atoms with Crippen LogP contribution < -0.4 is 17.3 Å². The molecule has 2 aliphatic rings. The van der Waals surface area contributed by atoms with Gasteiger partial charge in [-0.15, -0.1) is 5.10 Å². The summed E-state index contributed by atoms with van der Waals surface area (Å²) in [6.07, 6.45) is 1.67. The van der Waals surface area contributed by atoms with E-state index in [0.29, 0.717) is 17.4 Å². The number of aromatic nitrogens is 4. The molecule has 0 saturated carbocycles. The van der Waals surface area contributed by atoms with E-state index in [1.165, 1.54) is 30.7 Å². The van der Waals surface area contributed by atoms with Crippen molar-refractivity contribution in [2.75, 3.05) is 51.1 Å². The molecule has 3 aromatic rings. The van der Waals surface area contributed by atoms with Crippen molar-refractivity contribution in [3.05, 3.63) is 66.0 Å². The van der Waals surface area contributed by atoms with Crippen molar-refractivity contribution < 1.29 is 55.6 Å². The van der Waals surface area contributed by atoms with Gasteiger partial charge >= 0.3 is 18.5 Å². The highest BCUT2D eigenvalue weighted by atomic mass is 35.5. The zero-order valence-electron chi connectivity index (χ0n) is 24.4. The van der Waals surface area contributed by atoms with E-state index in [2.05, 4.69) is 31.7 Å². The van der Waals surface area contributed by atoms with Gasteiger partial charge in [-0.05, 0) is 47.7 Å². The highest BCUT2D eigenvalue weighted by Crippen LogP contribution is 2.35. The number of carbonyl (C=O) groups excluding carboxylic acids is 2. The van der Waals surface area contributed by atoms with Crippen LogP contribution in [-0.2, 0) is 15.1 Å². The molecule has 2 aliphatic heterocycles. The largest absolute Gasteiger partial charge is 1.00 e. The fourth-order valence-corrected chi connectivity index (χ4v) is 4.97. The van der Waals surface area contributed by atoms with Crippen LogP contribution in [0.15, 0.2) is 53.9 Å². The van der Waals surface area contributed by atoms with Crippen molar-refractivity contribution in [2.24, 2.45) is 5.10 Å². The van der Waals surface area contributed by atoms with Crippen LogP contribution in [0.2, 0.25) is 0 Å². The van der Waals surface area contributed by atoms with Crippen LogP contribution in [0.1, 0.15) is 12.5 Å². The number of tetrazole rings is 1. The Morgan fingerprint density at radius 3 is 2.54 bits per heavy atom. The first-order valence-corrected chi connectivity index (χ1v) is 13.7. The lowest BCUT2D eigenvalue weighted by molar-refractivity contribution is -0.0607. The van der Waals surface area contributed by atoms with Gasteiger partial charge in [-0.25, -0.2) is 28.1 Å². The van der Waals surface area contributed by atoms with E-state index in [-0.39, 0.29) is 51.0 Å².